The molecule has 1 aromatic heterocycles. The van der Waals surface area contributed by atoms with Gasteiger partial charge < -0.3 is 9.84 Å². The zero-order valence-corrected chi connectivity index (χ0v) is 13.2. The van der Waals surface area contributed by atoms with Gasteiger partial charge in [-0.15, -0.1) is 11.3 Å². The van der Waals surface area contributed by atoms with Crippen LogP contribution in [0, 0.1) is 0 Å². The van der Waals surface area contributed by atoms with Crippen LogP contribution in [0.2, 0.25) is 0 Å². The molecule has 0 radical (unpaired) electrons. The molecule has 4 heteroatoms. The minimum absolute atomic E-state index is 0.0754. The number of aliphatic hydroxyl groups is 1. The van der Waals surface area contributed by atoms with Crippen molar-refractivity contribution in [1.82, 2.24) is 4.98 Å². The molecule has 0 aliphatic heterocycles. The van der Waals surface area contributed by atoms with Crippen LogP contribution in [0.3, 0.4) is 0 Å². The van der Waals surface area contributed by atoms with E-state index in [-0.39, 0.29) is 11.0 Å². The molecule has 1 aromatic rings. The fraction of sp³-hybridized carbons (Fsp3) is 0.800. The number of ether oxygens (including phenoxy) is 1. The molecular formula is C15H25NO2S. The van der Waals surface area contributed by atoms with Crippen molar-refractivity contribution in [1.29, 1.82) is 0 Å². The lowest BCUT2D eigenvalue weighted by atomic mass is 9.92. The second kappa shape index (κ2) is 5.51. The molecule has 1 heterocycles. The van der Waals surface area contributed by atoms with Crippen LogP contribution in [0.5, 0.6) is 0 Å². The van der Waals surface area contributed by atoms with Crippen LogP contribution in [-0.4, -0.2) is 28.9 Å². The maximum atomic E-state index is 10.5. The molecule has 1 saturated carbocycles. The number of aromatic nitrogens is 1. The summed E-state index contributed by atoms with van der Waals surface area (Å²) in [7, 11) is 1.72. The Morgan fingerprint density at radius 2 is 2.05 bits per heavy atom. The summed E-state index contributed by atoms with van der Waals surface area (Å²) in [5.74, 6) is 0. The van der Waals surface area contributed by atoms with Gasteiger partial charge in [-0.3, -0.25) is 0 Å². The summed E-state index contributed by atoms with van der Waals surface area (Å²) in [5.41, 5.74) is 0.845. The maximum absolute atomic E-state index is 10.5. The fourth-order valence-corrected chi connectivity index (χ4v) is 3.81. The molecule has 0 saturated heterocycles. The van der Waals surface area contributed by atoms with E-state index in [0.29, 0.717) is 6.42 Å². The molecule has 1 N–H and O–H groups in total. The maximum Gasteiger partial charge on any atom is 0.0955 e. The predicted octanol–water partition coefficient (Wildman–Crippen LogP) is 3.30. The van der Waals surface area contributed by atoms with Gasteiger partial charge in [0, 0.05) is 24.3 Å². The van der Waals surface area contributed by atoms with E-state index >= 15 is 0 Å². The third-order valence-electron chi connectivity index (χ3n) is 4.15. The third-order valence-corrected chi connectivity index (χ3v) is 5.02. The molecule has 1 unspecified atom stereocenters. The molecule has 3 nitrogen and oxygen atoms in total. The van der Waals surface area contributed by atoms with Gasteiger partial charge in [0.1, 0.15) is 0 Å². The lowest BCUT2D eigenvalue weighted by Gasteiger charge is -2.32. The van der Waals surface area contributed by atoms with Crippen LogP contribution < -0.4 is 0 Å². The van der Waals surface area contributed by atoms with Gasteiger partial charge >= 0.3 is 0 Å². The Bertz CT molecular complexity index is 416. The Morgan fingerprint density at radius 3 is 2.53 bits per heavy atom. The van der Waals surface area contributed by atoms with Gasteiger partial charge in [-0.2, -0.15) is 0 Å². The number of hydrogen-bond acceptors (Lipinski definition) is 4. The first-order chi connectivity index (χ1) is 8.87. The van der Waals surface area contributed by atoms with Crippen molar-refractivity contribution in [2.75, 3.05) is 7.11 Å². The highest BCUT2D eigenvalue weighted by molar-refractivity contribution is 7.09. The van der Waals surface area contributed by atoms with Crippen LogP contribution in [0.15, 0.2) is 5.38 Å². The first-order valence-corrected chi connectivity index (χ1v) is 7.93. The summed E-state index contributed by atoms with van der Waals surface area (Å²) in [6.07, 6.45) is 4.38. The molecule has 1 fully saturated rings. The van der Waals surface area contributed by atoms with Crippen molar-refractivity contribution >= 4 is 11.3 Å². The summed E-state index contributed by atoms with van der Waals surface area (Å²) in [6.45, 7) is 6.49. The van der Waals surface area contributed by atoms with Gasteiger partial charge in [0.15, 0.2) is 0 Å². The van der Waals surface area contributed by atoms with Crippen LogP contribution in [-0.2, 0) is 16.6 Å². The quantitative estimate of drug-likeness (QED) is 0.922. The summed E-state index contributed by atoms with van der Waals surface area (Å²) in [5, 5.41) is 13.6. The van der Waals surface area contributed by atoms with Crippen LogP contribution in [0.1, 0.15) is 57.2 Å². The van der Waals surface area contributed by atoms with E-state index in [1.165, 1.54) is 0 Å². The molecule has 1 aliphatic carbocycles. The molecular weight excluding hydrogens is 258 g/mol. The van der Waals surface area contributed by atoms with Crippen molar-refractivity contribution in [3.05, 3.63) is 16.1 Å². The molecule has 1 atom stereocenters. The Balaban J connectivity index is 2.06. The average Bonchev–Trinajstić information content (AvgIpc) is 2.96. The molecule has 0 aromatic carbocycles. The van der Waals surface area contributed by atoms with E-state index in [4.69, 9.17) is 4.74 Å². The van der Waals surface area contributed by atoms with Gasteiger partial charge in [-0.1, -0.05) is 33.6 Å². The van der Waals surface area contributed by atoms with E-state index in [2.05, 4.69) is 31.1 Å². The van der Waals surface area contributed by atoms with E-state index in [1.54, 1.807) is 18.4 Å². The first kappa shape index (κ1) is 14.9. The number of thiazole rings is 1. The van der Waals surface area contributed by atoms with Gasteiger partial charge in [-0.05, 0) is 12.8 Å². The first-order valence-electron chi connectivity index (χ1n) is 7.05. The van der Waals surface area contributed by atoms with Gasteiger partial charge in [0.25, 0.3) is 0 Å². The average molecular weight is 283 g/mol. The Kier molecular flexibility index (Phi) is 4.33. The molecule has 2 rings (SSSR count). The zero-order valence-electron chi connectivity index (χ0n) is 12.4. The molecule has 19 heavy (non-hydrogen) atoms. The van der Waals surface area contributed by atoms with Crippen LogP contribution in [0.25, 0.3) is 0 Å². The summed E-state index contributed by atoms with van der Waals surface area (Å²) in [6, 6.07) is 0. The van der Waals surface area contributed by atoms with Crippen LogP contribution in [0.4, 0.5) is 0 Å². The van der Waals surface area contributed by atoms with Crippen molar-refractivity contribution < 1.29 is 9.84 Å². The number of methoxy groups -OCH3 is 1. The van der Waals surface area contributed by atoms with E-state index < -0.39 is 6.10 Å². The summed E-state index contributed by atoms with van der Waals surface area (Å²) in [4.78, 5) is 4.66. The van der Waals surface area contributed by atoms with Crippen molar-refractivity contribution in [2.24, 2.45) is 0 Å². The third kappa shape index (κ3) is 3.18. The lowest BCUT2D eigenvalue weighted by molar-refractivity contribution is -0.0971. The normalized spacial score (nSPS) is 20.7. The number of nitrogens with zero attached hydrogens (tertiary/aromatic N) is 1. The summed E-state index contributed by atoms with van der Waals surface area (Å²) >= 11 is 1.65. The highest BCUT2D eigenvalue weighted by Gasteiger charge is 2.41. The largest absolute Gasteiger partial charge is 0.390 e. The number of aliphatic hydroxyl groups excluding tert-OH is 1. The van der Waals surface area contributed by atoms with Gasteiger partial charge in [0.2, 0.25) is 0 Å². The predicted molar refractivity (Wildman–Crippen MR) is 78.7 cm³/mol. The number of hydrogen-bond donors (Lipinski definition) is 1. The lowest BCUT2D eigenvalue weighted by Crippen LogP contribution is -2.42. The van der Waals surface area contributed by atoms with E-state index in [1.807, 2.05) is 0 Å². The fourth-order valence-electron chi connectivity index (χ4n) is 2.75. The summed E-state index contributed by atoms with van der Waals surface area (Å²) < 4.78 is 5.63. The Labute approximate surface area is 120 Å². The van der Waals surface area contributed by atoms with Crippen LogP contribution >= 0.6 is 11.3 Å². The van der Waals surface area contributed by atoms with Gasteiger partial charge in [0.05, 0.1) is 22.4 Å². The highest BCUT2D eigenvalue weighted by atomic mass is 32.1. The van der Waals surface area contributed by atoms with Gasteiger partial charge in [-0.25, -0.2) is 4.98 Å². The second-order valence-electron chi connectivity index (χ2n) is 6.57. The topological polar surface area (TPSA) is 42.4 Å². The highest BCUT2D eigenvalue weighted by Crippen LogP contribution is 2.37. The monoisotopic (exact) mass is 283 g/mol. The Morgan fingerprint density at radius 1 is 1.42 bits per heavy atom. The Hall–Kier alpha value is -0.450. The smallest absolute Gasteiger partial charge is 0.0955 e. The van der Waals surface area contributed by atoms with E-state index in [9.17, 15) is 5.11 Å². The molecule has 0 bridgehead atoms. The van der Waals surface area contributed by atoms with Crippen molar-refractivity contribution in [3.8, 4) is 0 Å². The SMILES string of the molecule is COC1(C(O)Cc2nc(C(C)(C)C)cs2)CCCC1. The van der Waals surface area contributed by atoms with E-state index in [0.717, 1.165) is 36.4 Å². The second-order valence-corrected chi connectivity index (χ2v) is 7.52. The molecule has 108 valence electrons. The van der Waals surface area contributed by atoms with Crippen molar-refractivity contribution in [2.45, 2.75) is 70.0 Å². The molecule has 0 amide bonds. The molecule has 1 aliphatic rings. The standard InChI is InChI=1S/C15H25NO2S/c1-14(2,3)11-10-19-13(16-11)9-12(17)15(18-4)7-5-6-8-15/h10,12,17H,5-9H2,1-4H3. The molecule has 0 spiro atoms. The minimum atomic E-state index is -0.445. The number of rotatable bonds is 4. The zero-order chi connectivity index (χ0) is 14.1. The minimum Gasteiger partial charge on any atom is -0.390 e. The van der Waals surface area contributed by atoms with Crippen molar-refractivity contribution in [3.63, 3.8) is 0 Å².